The van der Waals surface area contributed by atoms with Gasteiger partial charge in [0.15, 0.2) is 0 Å². The van der Waals surface area contributed by atoms with Crippen LogP contribution in [0.4, 0.5) is 4.39 Å². The molecule has 0 unspecified atom stereocenters. The highest BCUT2D eigenvalue weighted by Gasteiger charge is 2.09. The molecule has 0 saturated carbocycles. The molecule has 2 nitrogen and oxygen atoms in total. The maximum atomic E-state index is 12.7. The summed E-state index contributed by atoms with van der Waals surface area (Å²) in [5.41, 5.74) is 12.0. The van der Waals surface area contributed by atoms with Gasteiger partial charge in [0.1, 0.15) is 5.82 Å². The third-order valence-electron chi connectivity index (χ3n) is 2.08. The van der Waals surface area contributed by atoms with Crippen molar-refractivity contribution in [3.8, 4) is 0 Å². The molecule has 4 N–H and O–H groups in total. The van der Waals surface area contributed by atoms with Crippen LogP contribution in [-0.2, 0) is 0 Å². The molecular weight excluding hydrogens is 238 g/mol. The summed E-state index contributed by atoms with van der Waals surface area (Å²) in [6.45, 7) is 0.604. The molecular formula is C10H15Cl2FN2. The van der Waals surface area contributed by atoms with E-state index in [1.54, 1.807) is 6.07 Å². The molecule has 0 aromatic heterocycles. The van der Waals surface area contributed by atoms with E-state index >= 15 is 0 Å². The predicted molar refractivity (Wildman–Crippen MR) is 63.9 cm³/mol. The molecule has 0 aliphatic rings. The topological polar surface area (TPSA) is 52.0 Å². The number of hydrogen-bond acceptors (Lipinski definition) is 2. The first-order valence-electron chi connectivity index (χ1n) is 4.55. The van der Waals surface area contributed by atoms with Gasteiger partial charge in [0.05, 0.1) is 0 Å². The molecule has 0 saturated heterocycles. The number of halogens is 3. The number of benzene rings is 1. The molecule has 15 heavy (non-hydrogen) atoms. The lowest BCUT2D eigenvalue weighted by Gasteiger charge is -2.12. The third kappa shape index (κ3) is 4.34. The normalized spacial score (nSPS) is 12.0. The Hall–Kier alpha value is -0.350. The lowest BCUT2D eigenvalue weighted by atomic mass is 10.0. The fraction of sp³-hybridized carbons (Fsp3) is 0.400. The number of hydrogen-bond donors (Lipinski definition) is 2. The number of nitrogens with two attached hydrogens (primary N) is 2. The smallest absolute Gasteiger partial charge is 0.124 e. The first-order chi connectivity index (χ1) is 6.65. The van der Waals surface area contributed by atoms with E-state index in [0.29, 0.717) is 11.6 Å². The van der Waals surface area contributed by atoms with Gasteiger partial charge in [-0.05, 0) is 37.1 Å². The van der Waals surface area contributed by atoms with Crippen LogP contribution in [0.15, 0.2) is 18.2 Å². The van der Waals surface area contributed by atoms with Crippen LogP contribution in [0, 0.1) is 5.82 Å². The molecule has 86 valence electrons. The Labute approximate surface area is 100 Å². The van der Waals surface area contributed by atoms with E-state index in [1.807, 2.05) is 0 Å². The fourth-order valence-electron chi connectivity index (χ4n) is 1.30. The Morgan fingerprint density at radius 3 is 2.60 bits per heavy atom. The molecule has 0 fully saturated rings. The summed E-state index contributed by atoms with van der Waals surface area (Å²) < 4.78 is 12.7. The maximum absolute atomic E-state index is 12.7. The van der Waals surface area contributed by atoms with Gasteiger partial charge in [0, 0.05) is 11.1 Å². The van der Waals surface area contributed by atoms with Crippen molar-refractivity contribution in [3.63, 3.8) is 0 Å². The summed E-state index contributed by atoms with van der Waals surface area (Å²) >= 11 is 5.85. The zero-order chi connectivity index (χ0) is 10.6. The highest BCUT2D eigenvalue weighted by molar-refractivity contribution is 6.31. The Kier molecular flexibility index (Phi) is 6.85. The Balaban J connectivity index is 0.00000196. The zero-order valence-electron chi connectivity index (χ0n) is 8.25. The molecule has 1 aromatic rings. The molecule has 0 heterocycles. The fourth-order valence-corrected chi connectivity index (χ4v) is 1.60. The molecule has 0 spiro atoms. The second kappa shape index (κ2) is 7.01. The summed E-state index contributed by atoms with van der Waals surface area (Å²) in [6, 6.07) is 4.10. The second-order valence-corrected chi connectivity index (χ2v) is 3.61. The molecule has 0 amide bonds. The first kappa shape index (κ1) is 14.6. The van der Waals surface area contributed by atoms with E-state index in [0.717, 1.165) is 18.4 Å². The van der Waals surface area contributed by atoms with Crippen molar-refractivity contribution >= 4 is 24.0 Å². The van der Waals surface area contributed by atoms with Gasteiger partial charge in [0.2, 0.25) is 0 Å². The van der Waals surface area contributed by atoms with Crippen LogP contribution >= 0.6 is 24.0 Å². The van der Waals surface area contributed by atoms with Crippen LogP contribution in [0.5, 0.6) is 0 Å². The van der Waals surface area contributed by atoms with Crippen molar-refractivity contribution in [1.82, 2.24) is 0 Å². The Morgan fingerprint density at radius 1 is 1.40 bits per heavy atom. The monoisotopic (exact) mass is 252 g/mol. The summed E-state index contributed by atoms with van der Waals surface area (Å²) in [7, 11) is 0. The summed E-state index contributed by atoms with van der Waals surface area (Å²) in [5.74, 6) is -0.343. The first-order valence-corrected chi connectivity index (χ1v) is 4.93. The minimum Gasteiger partial charge on any atom is -0.330 e. The highest BCUT2D eigenvalue weighted by Crippen LogP contribution is 2.24. The molecule has 0 radical (unpaired) electrons. The van der Waals surface area contributed by atoms with E-state index in [9.17, 15) is 4.39 Å². The predicted octanol–water partition coefficient (Wildman–Crippen LogP) is 2.64. The van der Waals surface area contributed by atoms with E-state index < -0.39 is 0 Å². The number of rotatable bonds is 4. The Bertz CT molecular complexity index is 307. The van der Waals surface area contributed by atoms with Crippen molar-refractivity contribution < 1.29 is 4.39 Å². The largest absolute Gasteiger partial charge is 0.330 e. The molecule has 0 bridgehead atoms. The van der Waals surface area contributed by atoms with Crippen molar-refractivity contribution in [2.75, 3.05) is 6.54 Å². The average molecular weight is 253 g/mol. The van der Waals surface area contributed by atoms with Gasteiger partial charge in [-0.25, -0.2) is 4.39 Å². The molecule has 1 rings (SSSR count). The molecule has 1 atom stereocenters. The molecule has 0 aliphatic heterocycles. The lowest BCUT2D eigenvalue weighted by molar-refractivity contribution is 0.607. The lowest BCUT2D eigenvalue weighted by Crippen LogP contribution is -2.13. The van der Waals surface area contributed by atoms with E-state index in [-0.39, 0.29) is 24.3 Å². The maximum Gasteiger partial charge on any atom is 0.124 e. The van der Waals surface area contributed by atoms with Crippen LogP contribution in [-0.4, -0.2) is 6.54 Å². The van der Waals surface area contributed by atoms with Crippen molar-refractivity contribution in [2.24, 2.45) is 11.5 Å². The molecule has 0 aliphatic carbocycles. The van der Waals surface area contributed by atoms with Gasteiger partial charge < -0.3 is 11.5 Å². The second-order valence-electron chi connectivity index (χ2n) is 3.20. The quantitative estimate of drug-likeness (QED) is 0.866. The van der Waals surface area contributed by atoms with Gasteiger partial charge in [-0.2, -0.15) is 0 Å². The molecule has 1 aromatic carbocycles. The van der Waals surface area contributed by atoms with Gasteiger partial charge in [-0.3, -0.25) is 0 Å². The van der Waals surface area contributed by atoms with Gasteiger partial charge in [-0.1, -0.05) is 17.7 Å². The SMILES string of the molecule is Cl.NCCC[C@H](N)c1ccc(F)cc1Cl. The van der Waals surface area contributed by atoms with Crippen LogP contribution in [0.25, 0.3) is 0 Å². The summed E-state index contributed by atoms with van der Waals surface area (Å²) in [5, 5.41) is 0.384. The summed E-state index contributed by atoms with van der Waals surface area (Å²) in [6.07, 6.45) is 1.61. The van der Waals surface area contributed by atoms with Crippen molar-refractivity contribution in [2.45, 2.75) is 18.9 Å². The highest BCUT2D eigenvalue weighted by atomic mass is 35.5. The Morgan fingerprint density at radius 2 is 2.07 bits per heavy atom. The molecule has 5 heteroatoms. The van der Waals surface area contributed by atoms with Crippen LogP contribution in [0.1, 0.15) is 24.4 Å². The minimum absolute atomic E-state index is 0. The van der Waals surface area contributed by atoms with Gasteiger partial charge in [-0.15, -0.1) is 12.4 Å². The van der Waals surface area contributed by atoms with Gasteiger partial charge in [0.25, 0.3) is 0 Å². The third-order valence-corrected chi connectivity index (χ3v) is 2.41. The average Bonchev–Trinajstić information content (AvgIpc) is 2.14. The standard InChI is InChI=1S/C10H14ClFN2.ClH/c11-9-6-7(12)3-4-8(9)10(14)2-1-5-13;/h3-4,6,10H,1-2,5,13-14H2;1H/t10-;/m0./s1. The van der Waals surface area contributed by atoms with Crippen molar-refractivity contribution in [3.05, 3.63) is 34.6 Å². The van der Waals surface area contributed by atoms with Crippen LogP contribution in [0.2, 0.25) is 5.02 Å². The van der Waals surface area contributed by atoms with Crippen molar-refractivity contribution in [1.29, 1.82) is 0 Å². The van der Waals surface area contributed by atoms with Crippen LogP contribution in [0.3, 0.4) is 0 Å². The van der Waals surface area contributed by atoms with Crippen LogP contribution < -0.4 is 11.5 Å². The van der Waals surface area contributed by atoms with Gasteiger partial charge >= 0.3 is 0 Å². The van der Waals surface area contributed by atoms with E-state index in [4.69, 9.17) is 23.1 Å². The van der Waals surface area contributed by atoms with E-state index in [2.05, 4.69) is 0 Å². The summed E-state index contributed by atoms with van der Waals surface area (Å²) in [4.78, 5) is 0. The van der Waals surface area contributed by atoms with E-state index in [1.165, 1.54) is 12.1 Å². The minimum atomic E-state index is -0.343. The zero-order valence-corrected chi connectivity index (χ0v) is 9.82.